The Hall–Kier alpha value is -2.73. The maximum atomic E-state index is 9.81. The number of benzene rings is 2. The normalized spacial score (nSPS) is 10.5. The van der Waals surface area contributed by atoms with Crippen LogP contribution in [0.5, 0.6) is 5.75 Å². The summed E-state index contributed by atoms with van der Waals surface area (Å²) in [6, 6.07) is 11.2. The molecular weight excluding hydrogens is 238 g/mol. The Balaban J connectivity index is 2.28. The van der Waals surface area contributed by atoms with Crippen LogP contribution in [0.3, 0.4) is 0 Å². The highest BCUT2D eigenvalue weighted by molar-refractivity contribution is 6.00. The van der Waals surface area contributed by atoms with Crippen molar-refractivity contribution in [3.05, 3.63) is 59.6 Å². The summed E-state index contributed by atoms with van der Waals surface area (Å²) in [6.07, 6.45) is 1.47. The van der Waals surface area contributed by atoms with Crippen LogP contribution in [0.1, 0.15) is 5.56 Å². The van der Waals surface area contributed by atoms with Gasteiger partial charge in [-0.25, -0.2) is 4.85 Å². The van der Waals surface area contributed by atoms with E-state index in [-0.39, 0.29) is 5.75 Å². The lowest BCUT2D eigenvalue weighted by molar-refractivity contribution is 0.471. The summed E-state index contributed by atoms with van der Waals surface area (Å²) in [7, 11) is 0. The fourth-order valence-corrected chi connectivity index (χ4v) is 2.13. The molecule has 2 aromatic carbocycles. The Morgan fingerprint density at radius 1 is 1.21 bits per heavy atom. The quantitative estimate of drug-likeness (QED) is 0.636. The summed E-state index contributed by atoms with van der Waals surface area (Å²) in [5.74, 6) is 0.256. The molecular formula is C16H11NO2. The highest BCUT2D eigenvalue weighted by Gasteiger charge is 2.11. The van der Waals surface area contributed by atoms with Gasteiger partial charge in [0.1, 0.15) is 11.3 Å². The average molecular weight is 249 g/mol. The van der Waals surface area contributed by atoms with Crippen LogP contribution in [0.4, 0.5) is 5.69 Å². The molecule has 92 valence electrons. The molecule has 0 unspecified atom stereocenters. The van der Waals surface area contributed by atoms with Crippen molar-refractivity contribution in [3.8, 4) is 16.9 Å². The largest absolute Gasteiger partial charge is 0.508 e. The predicted molar refractivity (Wildman–Crippen MR) is 74.3 cm³/mol. The van der Waals surface area contributed by atoms with E-state index in [2.05, 4.69) is 4.85 Å². The summed E-state index contributed by atoms with van der Waals surface area (Å²) >= 11 is 0. The van der Waals surface area contributed by atoms with E-state index in [1.165, 1.54) is 6.26 Å². The summed E-state index contributed by atoms with van der Waals surface area (Å²) in [4.78, 5) is 3.43. The second-order valence-corrected chi connectivity index (χ2v) is 4.42. The van der Waals surface area contributed by atoms with Crippen LogP contribution in [-0.2, 0) is 0 Å². The molecule has 1 heterocycles. The number of rotatable bonds is 1. The van der Waals surface area contributed by atoms with Gasteiger partial charge in [-0.3, -0.25) is 0 Å². The third kappa shape index (κ3) is 1.74. The first-order valence-electron chi connectivity index (χ1n) is 5.88. The number of fused-ring (bicyclic) bond motifs is 1. The summed E-state index contributed by atoms with van der Waals surface area (Å²) in [5, 5.41) is 10.6. The van der Waals surface area contributed by atoms with Crippen LogP contribution in [0.15, 0.2) is 47.1 Å². The first-order valence-corrected chi connectivity index (χ1v) is 5.88. The zero-order valence-corrected chi connectivity index (χ0v) is 10.3. The van der Waals surface area contributed by atoms with Crippen LogP contribution < -0.4 is 0 Å². The number of para-hydroxylation sites is 1. The van der Waals surface area contributed by atoms with Gasteiger partial charge in [0.05, 0.1) is 12.8 Å². The highest BCUT2D eigenvalue weighted by atomic mass is 16.3. The highest BCUT2D eigenvalue weighted by Crippen LogP contribution is 2.36. The van der Waals surface area contributed by atoms with Gasteiger partial charge in [0.15, 0.2) is 0 Å². The molecule has 0 spiro atoms. The minimum Gasteiger partial charge on any atom is -0.508 e. The molecule has 1 N–H and O–H groups in total. The molecule has 1 aromatic heterocycles. The van der Waals surface area contributed by atoms with Crippen LogP contribution >= 0.6 is 0 Å². The summed E-state index contributed by atoms with van der Waals surface area (Å²) in [6.45, 7) is 8.96. The number of hydrogen-bond donors (Lipinski definition) is 1. The van der Waals surface area contributed by atoms with Gasteiger partial charge in [-0.2, -0.15) is 0 Å². The van der Waals surface area contributed by atoms with Crippen molar-refractivity contribution >= 4 is 16.7 Å². The fraction of sp³-hybridized carbons (Fsp3) is 0.0625. The first-order chi connectivity index (χ1) is 9.20. The third-order valence-electron chi connectivity index (χ3n) is 3.22. The Morgan fingerprint density at radius 3 is 2.79 bits per heavy atom. The molecule has 0 saturated carbocycles. The number of phenols is 1. The lowest BCUT2D eigenvalue weighted by Gasteiger charge is -2.05. The average Bonchev–Trinajstić information content (AvgIpc) is 2.85. The fourth-order valence-electron chi connectivity index (χ4n) is 2.13. The number of aromatic hydroxyl groups is 1. The summed E-state index contributed by atoms with van der Waals surface area (Å²) < 4.78 is 5.50. The van der Waals surface area contributed by atoms with Crippen LogP contribution in [-0.4, -0.2) is 5.11 Å². The van der Waals surface area contributed by atoms with Crippen molar-refractivity contribution in [1.82, 2.24) is 0 Å². The van der Waals surface area contributed by atoms with E-state index in [1.807, 2.05) is 37.3 Å². The van der Waals surface area contributed by atoms with Crippen molar-refractivity contribution < 1.29 is 9.52 Å². The molecule has 3 rings (SSSR count). The SMILES string of the molecule is [C-]#[N+]c1coc2c(-c3ccc(C)c(O)c3)cccc12. The molecule has 3 heteroatoms. The molecule has 0 aliphatic rings. The van der Waals surface area contributed by atoms with Crippen molar-refractivity contribution in [2.24, 2.45) is 0 Å². The second-order valence-electron chi connectivity index (χ2n) is 4.42. The third-order valence-corrected chi connectivity index (χ3v) is 3.22. The van der Waals surface area contributed by atoms with Crippen LogP contribution in [0.25, 0.3) is 26.9 Å². The molecule has 0 atom stereocenters. The zero-order valence-electron chi connectivity index (χ0n) is 10.3. The number of furan rings is 1. The molecule has 0 saturated heterocycles. The van der Waals surface area contributed by atoms with Crippen molar-refractivity contribution in [3.63, 3.8) is 0 Å². The van der Waals surface area contributed by atoms with Crippen LogP contribution in [0, 0.1) is 13.5 Å². The Bertz CT molecular complexity index is 809. The van der Waals surface area contributed by atoms with Crippen molar-refractivity contribution in [2.45, 2.75) is 6.92 Å². The zero-order chi connectivity index (χ0) is 13.4. The van der Waals surface area contributed by atoms with E-state index < -0.39 is 0 Å². The topological polar surface area (TPSA) is 37.7 Å². The standard InChI is InChI=1S/C16H11NO2/c1-10-6-7-11(8-15(10)18)12-4-3-5-13-14(17-2)9-19-16(12)13/h3-9,18H,1H3. The van der Waals surface area contributed by atoms with E-state index in [0.717, 1.165) is 22.1 Å². The Kier molecular flexibility index (Phi) is 2.50. The second kappa shape index (κ2) is 4.18. The van der Waals surface area contributed by atoms with Crippen molar-refractivity contribution in [1.29, 1.82) is 0 Å². The Morgan fingerprint density at radius 2 is 2.05 bits per heavy atom. The molecule has 0 aliphatic carbocycles. The van der Waals surface area contributed by atoms with Gasteiger partial charge < -0.3 is 9.52 Å². The summed E-state index contributed by atoms with van der Waals surface area (Å²) in [5.41, 5.74) is 3.77. The predicted octanol–water partition coefficient (Wildman–Crippen LogP) is 4.66. The number of hydrogen-bond acceptors (Lipinski definition) is 2. The van der Waals surface area contributed by atoms with E-state index in [1.54, 1.807) is 6.07 Å². The molecule has 3 nitrogen and oxygen atoms in total. The number of nitrogens with zero attached hydrogens (tertiary/aromatic N) is 1. The van der Waals surface area contributed by atoms with Crippen LogP contribution in [0.2, 0.25) is 0 Å². The maximum Gasteiger partial charge on any atom is 0.232 e. The maximum absolute atomic E-state index is 9.81. The first kappa shape index (κ1) is 11.4. The molecule has 0 fully saturated rings. The van der Waals surface area contributed by atoms with Gasteiger partial charge in [0.25, 0.3) is 0 Å². The molecule has 0 radical (unpaired) electrons. The Labute approximate surface area is 110 Å². The minimum atomic E-state index is 0.256. The molecule has 3 aromatic rings. The molecule has 0 bridgehead atoms. The van der Waals surface area contributed by atoms with Crippen molar-refractivity contribution in [2.75, 3.05) is 0 Å². The number of phenolic OH excluding ortho intramolecular Hbond substituents is 1. The van der Waals surface area contributed by atoms with Gasteiger partial charge in [-0.05, 0) is 24.1 Å². The molecule has 19 heavy (non-hydrogen) atoms. The lowest BCUT2D eigenvalue weighted by atomic mass is 10.0. The number of aryl methyl sites for hydroxylation is 1. The van der Waals surface area contributed by atoms with Gasteiger partial charge in [0, 0.05) is 10.9 Å². The van der Waals surface area contributed by atoms with Gasteiger partial charge in [0.2, 0.25) is 5.69 Å². The van der Waals surface area contributed by atoms with E-state index >= 15 is 0 Å². The van der Waals surface area contributed by atoms with E-state index in [4.69, 9.17) is 11.0 Å². The van der Waals surface area contributed by atoms with Gasteiger partial charge >= 0.3 is 0 Å². The van der Waals surface area contributed by atoms with E-state index in [9.17, 15) is 5.11 Å². The minimum absolute atomic E-state index is 0.256. The van der Waals surface area contributed by atoms with E-state index in [0.29, 0.717) is 11.3 Å². The molecule has 0 amide bonds. The smallest absolute Gasteiger partial charge is 0.232 e. The monoisotopic (exact) mass is 249 g/mol. The lowest BCUT2D eigenvalue weighted by Crippen LogP contribution is -1.81. The molecule has 0 aliphatic heterocycles. The van der Waals surface area contributed by atoms with Gasteiger partial charge in [-0.1, -0.05) is 30.3 Å². The van der Waals surface area contributed by atoms with Gasteiger partial charge in [-0.15, -0.1) is 0 Å².